The SMILES string of the molecule is OC1=CC(F)=CC(F)(Cl)C1. The maximum absolute atomic E-state index is 12.6. The first kappa shape index (κ1) is 7.54. The number of halogens is 3. The van der Waals surface area contributed by atoms with Crippen LogP contribution in [0.5, 0.6) is 0 Å². The topological polar surface area (TPSA) is 20.2 Å². The summed E-state index contributed by atoms with van der Waals surface area (Å²) in [6.45, 7) is 0. The number of allylic oxidation sites excluding steroid dienone is 4. The summed E-state index contributed by atoms with van der Waals surface area (Å²) in [4.78, 5) is 0. The lowest BCUT2D eigenvalue weighted by Gasteiger charge is -2.15. The van der Waals surface area contributed by atoms with Gasteiger partial charge in [-0.25, -0.2) is 8.78 Å². The van der Waals surface area contributed by atoms with E-state index in [1.165, 1.54) is 0 Å². The standard InChI is InChI=1S/C6H5ClF2O/c7-6(9)2-4(8)1-5(10)3-6/h1-2,10H,3H2. The smallest absolute Gasteiger partial charge is 0.212 e. The molecular formula is C6H5ClF2O. The van der Waals surface area contributed by atoms with Crippen molar-refractivity contribution < 1.29 is 13.9 Å². The highest BCUT2D eigenvalue weighted by atomic mass is 35.5. The molecule has 1 nitrogen and oxygen atoms in total. The second-order valence-electron chi connectivity index (χ2n) is 2.10. The van der Waals surface area contributed by atoms with Crippen molar-refractivity contribution in [1.29, 1.82) is 0 Å². The molecule has 1 rings (SSSR count). The van der Waals surface area contributed by atoms with E-state index in [-0.39, 0.29) is 12.2 Å². The lowest BCUT2D eigenvalue weighted by molar-refractivity contribution is 0.276. The van der Waals surface area contributed by atoms with E-state index in [1.54, 1.807) is 0 Å². The van der Waals surface area contributed by atoms with Gasteiger partial charge in [0, 0.05) is 12.2 Å². The molecule has 1 N–H and O–H groups in total. The average molecular weight is 167 g/mol. The second-order valence-corrected chi connectivity index (χ2v) is 2.73. The monoisotopic (exact) mass is 166 g/mol. The van der Waals surface area contributed by atoms with Crippen molar-refractivity contribution in [3.63, 3.8) is 0 Å². The quantitative estimate of drug-likeness (QED) is 0.549. The molecule has 0 aromatic rings. The van der Waals surface area contributed by atoms with Crippen LogP contribution in [0.3, 0.4) is 0 Å². The lowest BCUT2D eigenvalue weighted by Crippen LogP contribution is -2.14. The van der Waals surface area contributed by atoms with Gasteiger partial charge < -0.3 is 5.11 Å². The first-order valence-corrected chi connectivity index (χ1v) is 3.03. The molecule has 0 heterocycles. The van der Waals surface area contributed by atoms with Gasteiger partial charge in [0.15, 0.2) is 0 Å². The number of rotatable bonds is 0. The van der Waals surface area contributed by atoms with Crippen LogP contribution in [0, 0.1) is 0 Å². The Morgan fingerprint density at radius 3 is 2.70 bits per heavy atom. The Morgan fingerprint density at radius 2 is 2.30 bits per heavy atom. The van der Waals surface area contributed by atoms with Gasteiger partial charge in [-0.3, -0.25) is 0 Å². The van der Waals surface area contributed by atoms with Crippen LogP contribution < -0.4 is 0 Å². The largest absolute Gasteiger partial charge is 0.512 e. The molecule has 0 aliphatic heterocycles. The van der Waals surface area contributed by atoms with Gasteiger partial charge in [-0.1, -0.05) is 11.6 Å². The van der Waals surface area contributed by atoms with Crippen LogP contribution in [0.2, 0.25) is 0 Å². The Morgan fingerprint density at radius 1 is 1.70 bits per heavy atom. The third kappa shape index (κ3) is 1.70. The molecule has 4 heteroatoms. The molecule has 56 valence electrons. The number of hydrogen-bond donors (Lipinski definition) is 1. The Hall–Kier alpha value is -0.570. The Balaban J connectivity index is 2.88. The predicted molar refractivity (Wildman–Crippen MR) is 34.2 cm³/mol. The maximum Gasteiger partial charge on any atom is 0.212 e. The van der Waals surface area contributed by atoms with Crippen molar-refractivity contribution in [2.75, 3.05) is 0 Å². The van der Waals surface area contributed by atoms with Gasteiger partial charge in [0.25, 0.3) is 0 Å². The van der Waals surface area contributed by atoms with Gasteiger partial charge >= 0.3 is 0 Å². The van der Waals surface area contributed by atoms with Crippen LogP contribution in [-0.4, -0.2) is 10.2 Å². The van der Waals surface area contributed by atoms with E-state index >= 15 is 0 Å². The zero-order valence-corrected chi connectivity index (χ0v) is 5.70. The molecule has 0 saturated carbocycles. The molecular weight excluding hydrogens is 162 g/mol. The van der Waals surface area contributed by atoms with Crippen LogP contribution in [0.4, 0.5) is 8.78 Å². The van der Waals surface area contributed by atoms with Crippen LogP contribution in [0.1, 0.15) is 6.42 Å². The average Bonchev–Trinajstić information content (AvgIpc) is 1.54. The van der Waals surface area contributed by atoms with Crippen LogP contribution in [0.15, 0.2) is 23.7 Å². The molecule has 0 spiro atoms. The predicted octanol–water partition coefficient (Wildman–Crippen LogP) is 2.59. The van der Waals surface area contributed by atoms with Gasteiger partial charge in [-0.2, -0.15) is 0 Å². The highest BCUT2D eigenvalue weighted by Crippen LogP contribution is 2.32. The van der Waals surface area contributed by atoms with Crippen molar-refractivity contribution in [2.45, 2.75) is 11.5 Å². The van der Waals surface area contributed by atoms with Gasteiger partial charge in [-0.15, -0.1) is 0 Å². The fraction of sp³-hybridized carbons (Fsp3) is 0.333. The molecule has 0 bridgehead atoms. The fourth-order valence-electron chi connectivity index (χ4n) is 0.746. The Labute approximate surface area is 61.6 Å². The molecule has 0 aromatic heterocycles. The van der Waals surface area contributed by atoms with Crippen molar-refractivity contribution in [3.8, 4) is 0 Å². The highest BCUT2D eigenvalue weighted by Gasteiger charge is 2.29. The molecule has 0 amide bonds. The van der Waals surface area contributed by atoms with E-state index < -0.39 is 11.0 Å². The summed E-state index contributed by atoms with van der Waals surface area (Å²) in [5.41, 5.74) is 0. The summed E-state index contributed by atoms with van der Waals surface area (Å²) in [7, 11) is 0. The summed E-state index contributed by atoms with van der Waals surface area (Å²) >= 11 is 5.08. The Kier molecular flexibility index (Phi) is 1.68. The zero-order chi connectivity index (χ0) is 7.78. The maximum atomic E-state index is 12.6. The number of aliphatic hydroxyl groups excluding tert-OH is 1. The first-order valence-electron chi connectivity index (χ1n) is 2.65. The number of alkyl halides is 2. The van der Waals surface area contributed by atoms with E-state index in [0.29, 0.717) is 6.08 Å². The number of hydrogen-bond acceptors (Lipinski definition) is 1. The van der Waals surface area contributed by atoms with E-state index in [1.807, 2.05) is 0 Å². The van der Waals surface area contributed by atoms with Gasteiger partial charge in [0.1, 0.15) is 5.83 Å². The third-order valence-electron chi connectivity index (χ3n) is 1.07. The minimum atomic E-state index is -2.26. The summed E-state index contributed by atoms with van der Waals surface area (Å²) < 4.78 is 24.9. The van der Waals surface area contributed by atoms with Crippen LogP contribution >= 0.6 is 11.6 Å². The van der Waals surface area contributed by atoms with Crippen molar-refractivity contribution in [2.24, 2.45) is 0 Å². The Bertz CT molecular complexity index is 208. The molecule has 10 heavy (non-hydrogen) atoms. The molecule has 1 unspecified atom stereocenters. The summed E-state index contributed by atoms with van der Waals surface area (Å²) in [6, 6.07) is 0. The summed E-state index contributed by atoms with van der Waals surface area (Å²) in [5.74, 6) is -1.22. The van der Waals surface area contributed by atoms with E-state index in [0.717, 1.165) is 6.08 Å². The molecule has 0 aromatic carbocycles. The third-order valence-corrected chi connectivity index (χ3v) is 1.31. The van der Waals surface area contributed by atoms with Gasteiger partial charge in [-0.05, 0) is 0 Å². The molecule has 0 saturated heterocycles. The lowest BCUT2D eigenvalue weighted by atomic mass is 10.1. The van der Waals surface area contributed by atoms with Crippen molar-refractivity contribution in [3.05, 3.63) is 23.7 Å². The minimum absolute atomic E-state index is 0.373. The second kappa shape index (κ2) is 2.23. The van der Waals surface area contributed by atoms with Crippen molar-refractivity contribution in [1.82, 2.24) is 0 Å². The fourth-order valence-corrected chi connectivity index (χ4v) is 0.987. The van der Waals surface area contributed by atoms with Crippen LogP contribution in [0.25, 0.3) is 0 Å². The normalized spacial score (nSPS) is 33.1. The highest BCUT2D eigenvalue weighted by molar-refractivity contribution is 6.24. The zero-order valence-electron chi connectivity index (χ0n) is 4.94. The number of aliphatic hydroxyl groups is 1. The first-order chi connectivity index (χ1) is 4.49. The van der Waals surface area contributed by atoms with Crippen LogP contribution in [-0.2, 0) is 0 Å². The van der Waals surface area contributed by atoms with Gasteiger partial charge in [0.2, 0.25) is 5.13 Å². The van der Waals surface area contributed by atoms with E-state index in [9.17, 15) is 8.78 Å². The molecule has 1 aliphatic rings. The molecule has 1 atom stereocenters. The minimum Gasteiger partial charge on any atom is -0.512 e. The molecule has 0 fully saturated rings. The van der Waals surface area contributed by atoms with E-state index in [4.69, 9.17) is 16.7 Å². The molecule has 1 aliphatic carbocycles. The molecule has 0 radical (unpaired) electrons. The summed E-state index contributed by atoms with van der Waals surface area (Å²) in [5, 5.41) is 6.41. The summed E-state index contributed by atoms with van der Waals surface area (Å²) in [6.07, 6.45) is 1.08. The van der Waals surface area contributed by atoms with Gasteiger partial charge in [0.05, 0.1) is 12.2 Å². The van der Waals surface area contributed by atoms with E-state index in [2.05, 4.69) is 0 Å². The van der Waals surface area contributed by atoms with Crippen molar-refractivity contribution >= 4 is 11.6 Å².